The summed E-state index contributed by atoms with van der Waals surface area (Å²) in [5.41, 5.74) is 6.17. The van der Waals surface area contributed by atoms with E-state index < -0.39 is 5.97 Å². The van der Waals surface area contributed by atoms with E-state index in [1.54, 1.807) is 6.20 Å². The Balaban J connectivity index is 1.78. The first-order valence-electron chi connectivity index (χ1n) is 8.62. The first kappa shape index (κ1) is 16.5. The Bertz CT molecular complexity index is 932. The summed E-state index contributed by atoms with van der Waals surface area (Å²) in [7, 11) is 2.12. The maximum absolute atomic E-state index is 10.9. The Morgan fingerprint density at radius 2 is 2.04 bits per heavy atom. The molecule has 0 bridgehead atoms. The quantitative estimate of drug-likeness (QED) is 0.784. The van der Waals surface area contributed by atoms with Crippen molar-refractivity contribution in [2.75, 3.05) is 13.6 Å². The number of rotatable bonds is 4. The van der Waals surface area contributed by atoms with Gasteiger partial charge in [0.05, 0.1) is 23.5 Å². The number of fused-ring (bicyclic) bond motifs is 1. The van der Waals surface area contributed by atoms with Crippen LogP contribution in [0.1, 0.15) is 16.8 Å². The molecule has 3 heterocycles. The molecule has 0 saturated carbocycles. The third-order valence-corrected chi connectivity index (χ3v) is 4.72. The number of aliphatic carboxylic acids is 1. The van der Waals surface area contributed by atoms with Crippen LogP contribution < -0.4 is 0 Å². The summed E-state index contributed by atoms with van der Waals surface area (Å²) in [6.45, 7) is 1.85. The average molecular weight is 348 g/mol. The predicted molar refractivity (Wildman–Crippen MR) is 98.2 cm³/mol. The van der Waals surface area contributed by atoms with Crippen LogP contribution in [0.3, 0.4) is 0 Å². The topological polar surface area (TPSA) is 71.2 Å². The first-order chi connectivity index (χ1) is 12.6. The second kappa shape index (κ2) is 6.72. The third kappa shape index (κ3) is 3.11. The minimum Gasteiger partial charge on any atom is -0.481 e. The smallest absolute Gasteiger partial charge is 0.307 e. The Labute approximate surface area is 151 Å². The predicted octanol–water partition coefficient (Wildman–Crippen LogP) is 2.55. The third-order valence-electron chi connectivity index (χ3n) is 4.72. The van der Waals surface area contributed by atoms with Crippen LogP contribution in [0.25, 0.3) is 16.9 Å². The summed E-state index contributed by atoms with van der Waals surface area (Å²) in [6, 6.07) is 11.6. The fraction of sp³-hybridized carbons (Fsp3) is 0.250. The molecule has 0 spiro atoms. The van der Waals surface area contributed by atoms with E-state index in [9.17, 15) is 4.79 Å². The summed E-state index contributed by atoms with van der Waals surface area (Å²) < 4.78 is 2.00. The highest BCUT2D eigenvalue weighted by Gasteiger charge is 2.24. The van der Waals surface area contributed by atoms with Crippen LogP contribution in [-0.2, 0) is 24.2 Å². The van der Waals surface area contributed by atoms with Crippen LogP contribution in [-0.4, -0.2) is 44.3 Å². The minimum absolute atomic E-state index is 0.0310. The summed E-state index contributed by atoms with van der Waals surface area (Å²) in [5, 5.41) is 13.8. The van der Waals surface area contributed by atoms with Crippen molar-refractivity contribution in [3.05, 3.63) is 65.6 Å². The molecule has 0 fully saturated rings. The Morgan fingerprint density at radius 1 is 1.23 bits per heavy atom. The number of carbonyl (C=O) groups is 1. The molecular formula is C20H20N4O2. The lowest BCUT2D eigenvalue weighted by molar-refractivity contribution is -0.136. The van der Waals surface area contributed by atoms with Crippen molar-refractivity contribution in [1.29, 1.82) is 0 Å². The molecule has 26 heavy (non-hydrogen) atoms. The Hall–Kier alpha value is -2.99. The normalized spacial score (nSPS) is 14.2. The molecule has 0 unspecified atom stereocenters. The zero-order valence-electron chi connectivity index (χ0n) is 14.6. The number of benzene rings is 1. The van der Waals surface area contributed by atoms with Gasteiger partial charge in [-0.05, 0) is 36.9 Å². The van der Waals surface area contributed by atoms with Crippen LogP contribution in [0.4, 0.5) is 0 Å². The molecule has 1 N–H and O–H groups in total. The van der Waals surface area contributed by atoms with Gasteiger partial charge < -0.3 is 10.0 Å². The molecule has 6 nitrogen and oxygen atoms in total. The standard InChI is InChI=1S/C20H20N4O2/c1-23-10-8-18-17(13-23)20(15-3-2-9-21-12-15)22-24(18)16-6-4-14(5-7-16)11-19(25)26/h2-7,9,12H,8,10-11,13H2,1H3,(H,25,26). The van der Waals surface area contributed by atoms with E-state index in [0.717, 1.165) is 42.0 Å². The van der Waals surface area contributed by atoms with Crippen molar-refractivity contribution in [3.8, 4) is 16.9 Å². The zero-order valence-corrected chi connectivity index (χ0v) is 14.6. The Kier molecular flexibility index (Phi) is 4.26. The number of hydrogen-bond donors (Lipinski definition) is 1. The molecule has 0 atom stereocenters. The van der Waals surface area contributed by atoms with Crippen LogP contribution in [0, 0.1) is 0 Å². The highest BCUT2D eigenvalue weighted by molar-refractivity contribution is 5.70. The van der Waals surface area contributed by atoms with Crippen molar-refractivity contribution in [1.82, 2.24) is 19.7 Å². The van der Waals surface area contributed by atoms with E-state index in [0.29, 0.717) is 0 Å². The van der Waals surface area contributed by atoms with Crippen molar-refractivity contribution in [2.45, 2.75) is 19.4 Å². The SMILES string of the molecule is CN1CCc2c(c(-c3cccnc3)nn2-c2ccc(CC(=O)O)cc2)C1. The fourth-order valence-electron chi connectivity index (χ4n) is 3.43. The maximum atomic E-state index is 10.9. The molecule has 132 valence electrons. The van der Waals surface area contributed by atoms with Gasteiger partial charge in [-0.1, -0.05) is 12.1 Å². The van der Waals surface area contributed by atoms with Gasteiger partial charge >= 0.3 is 5.97 Å². The van der Waals surface area contributed by atoms with Gasteiger partial charge in [0.1, 0.15) is 0 Å². The minimum atomic E-state index is -0.823. The number of carboxylic acids is 1. The second-order valence-electron chi connectivity index (χ2n) is 6.65. The highest BCUT2D eigenvalue weighted by Crippen LogP contribution is 2.31. The van der Waals surface area contributed by atoms with Crippen LogP contribution in [0.2, 0.25) is 0 Å². The molecule has 0 amide bonds. The van der Waals surface area contributed by atoms with E-state index in [2.05, 4.69) is 16.9 Å². The second-order valence-corrected chi connectivity index (χ2v) is 6.65. The highest BCUT2D eigenvalue weighted by atomic mass is 16.4. The van der Waals surface area contributed by atoms with Gasteiger partial charge in [0.2, 0.25) is 0 Å². The summed E-state index contributed by atoms with van der Waals surface area (Å²) in [6.07, 6.45) is 4.57. The average Bonchev–Trinajstić information content (AvgIpc) is 3.01. The lowest BCUT2D eigenvalue weighted by Gasteiger charge is -2.23. The number of aromatic nitrogens is 3. The van der Waals surface area contributed by atoms with Gasteiger partial charge in [-0.15, -0.1) is 0 Å². The molecule has 0 saturated heterocycles. The summed E-state index contributed by atoms with van der Waals surface area (Å²) in [5.74, 6) is -0.823. The van der Waals surface area contributed by atoms with E-state index in [4.69, 9.17) is 10.2 Å². The van der Waals surface area contributed by atoms with Crippen molar-refractivity contribution in [3.63, 3.8) is 0 Å². The molecule has 0 aliphatic carbocycles. The van der Waals surface area contributed by atoms with Gasteiger partial charge in [0, 0.05) is 43.0 Å². The molecule has 1 aliphatic heterocycles. The molecular weight excluding hydrogens is 328 g/mol. The van der Waals surface area contributed by atoms with Gasteiger partial charge in [-0.25, -0.2) is 4.68 Å². The maximum Gasteiger partial charge on any atom is 0.307 e. The van der Waals surface area contributed by atoms with E-state index >= 15 is 0 Å². The van der Waals surface area contributed by atoms with Gasteiger partial charge in [-0.3, -0.25) is 9.78 Å². The molecule has 6 heteroatoms. The van der Waals surface area contributed by atoms with Crippen molar-refractivity contribution < 1.29 is 9.90 Å². The zero-order chi connectivity index (χ0) is 18.1. The van der Waals surface area contributed by atoms with E-state index in [-0.39, 0.29) is 6.42 Å². The van der Waals surface area contributed by atoms with E-state index in [1.807, 2.05) is 47.3 Å². The van der Waals surface area contributed by atoms with Crippen molar-refractivity contribution >= 4 is 5.97 Å². The molecule has 2 aromatic heterocycles. The van der Waals surface area contributed by atoms with Crippen LogP contribution in [0.5, 0.6) is 0 Å². The largest absolute Gasteiger partial charge is 0.481 e. The first-order valence-corrected chi connectivity index (χ1v) is 8.62. The number of nitrogens with zero attached hydrogens (tertiary/aromatic N) is 4. The number of hydrogen-bond acceptors (Lipinski definition) is 4. The lowest BCUT2D eigenvalue weighted by atomic mass is 10.0. The monoisotopic (exact) mass is 348 g/mol. The summed E-state index contributed by atoms with van der Waals surface area (Å²) in [4.78, 5) is 17.4. The number of pyridine rings is 1. The molecule has 4 rings (SSSR count). The van der Waals surface area contributed by atoms with Crippen LogP contribution >= 0.6 is 0 Å². The van der Waals surface area contributed by atoms with Gasteiger partial charge in [0.15, 0.2) is 0 Å². The number of likely N-dealkylation sites (N-methyl/N-ethyl adjacent to an activating group) is 1. The molecule has 1 aliphatic rings. The Morgan fingerprint density at radius 3 is 2.73 bits per heavy atom. The molecule has 1 aromatic carbocycles. The lowest BCUT2D eigenvalue weighted by Crippen LogP contribution is -2.27. The van der Waals surface area contributed by atoms with E-state index in [1.165, 1.54) is 11.3 Å². The number of carboxylic acid groups (broad SMARTS) is 1. The molecule has 3 aromatic rings. The van der Waals surface area contributed by atoms with Gasteiger partial charge in [0.25, 0.3) is 0 Å². The van der Waals surface area contributed by atoms with Crippen molar-refractivity contribution in [2.24, 2.45) is 0 Å². The summed E-state index contributed by atoms with van der Waals surface area (Å²) >= 11 is 0. The van der Waals surface area contributed by atoms with Crippen LogP contribution in [0.15, 0.2) is 48.8 Å². The van der Waals surface area contributed by atoms with Gasteiger partial charge in [-0.2, -0.15) is 5.10 Å². The fourth-order valence-corrected chi connectivity index (χ4v) is 3.43. The molecule has 0 radical (unpaired) electrons.